The second kappa shape index (κ2) is 5.62. The molecule has 0 aromatic heterocycles. The van der Waals surface area contributed by atoms with Crippen LogP contribution in [-0.4, -0.2) is 72.2 Å². The minimum absolute atomic E-state index is 0.0321. The number of likely N-dealkylation sites (tertiary alicyclic amines) is 1. The number of carbonyl (C=O) groups excluding carboxylic acids is 1. The van der Waals surface area contributed by atoms with Gasteiger partial charge in [0.25, 0.3) is 0 Å². The summed E-state index contributed by atoms with van der Waals surface area (Å²) in [6.07, 6.45) is 4.47. The maximum absolute atomic E-state index is 12.0. The summed E-state index contributed by atoms with van der Waals surface area (Å²) >= 11 is 0. The van der Waals surface area contributed by atoms with Crippen LogP contribution in [0.25, 0.3) is 0 Å². The van der Waals surface area contributed by atoms with Crippen molar-refractivity contribution < 1.29 is 9.90 Å². The van der Waals surface area contributed by atoms with Gasteiger partial charge >= 0.3 is 0 Å². The van der Waals surface area contributed by atoms with E-state index >= 15 is 0 Å². The summed E-state index contributed by atoms with van der Waals surface area (Å²) in [5, 5.41) is 13.4. The Hall–Kier alpha value is -0.650. The van der Waals surface area contributed by atoms with Crippen LogP contribution in [0.4, 0.5) is 0 Å². The molecule has 114 valence electrons. The number of hydrogen-bond acceptors (Lipinski definition) is 4. The molecule has 1 unspecified atom stereocenters. The molecule has 2 N–H and O–H groups in total. The molecular weight excluding hydrogens is 254 g/mol. The van der Waals surface area contributed by atoms with E-state index in [-0.39, 0.29) is 18.1 Å². The van der Waals surface area contributed by atoms with Crippen molar-refractivity contribution in [2.45, 2.75) is 44.8 Å². The third-order valence-electron chi connectivity index (χ3n) is 5.37. The van der Waals surface area contributed by atoms with Gasteiger partial charge in [-0.3, -0.25) is 4.79 Å². The zero-order chi connectivity index (χ0) is 14.2. The summed E-state index contributed by atoms with van der Waals surface area (Å²) in [4.78, 5) is 16.3. The monoisotopic (exact) mass is 281 g/mol. The molecule has 3 aliphatic rings. The van der Waals surface area contributed by atoms with Crippen LogP contribution < -0.4 is 5.32 Å². The molecule has 20 heavy (non-hydrogen) atoms. The number of piperidine rings is 1. The number of nitrogens with one attached hydrogen (secondary N) is 1. The standard InChI is InChI=1S/C15H27N3O2/c1-12-14(20)18(10-6-16-12)8-2-7-17-9-5-15(3-4-15)13(19)11-17/h12-13,16,19H,2-11H2,1H3/t12?,13-/m1/s1. The summed E-state index contributed by atoms with van der Waals surface area (Å²) < 4.78 is 0. The first-order valence-corrected chi connectivity index (χ1v) is 8.03. The van der Waals surface area contributed by atoms with E-state index in [1.807, 2.05) is 11.8 Å². The Bertz CT molecular complexity index is 370. The Labute approximate surface area is 121 Å². The number of hydrogen-bond donors (Lipinski definition) is 2. The Morgan fingerprint density at radius 2 is 2.10 bits per heavy atom. The highest BCUT2D eigenvalue weighted by Gasteiger charge is 2.50. The summed E-state index contributed by atoms with van der Waals surface area (Å²) in [5.41, 5.74) is 0.292. The molecular formula is C15H27N3O2. The zero-order valence-electron chi connectivity index (χ0n) is 12.5. The molecule has 0 aromatic carbocycles. The van der Waals surface area contributed by atoms with Crippen LogP contribution in [0.15, 0.2) is 0 Å². The van der Waals surface area contributed by atoms with Gasteiger partial charge in [0.15, 0.2) is 0 Å². The summed E-state index contributed by atoms with van der Waals surface area (Å²) in [6, 6.07) is -0.0321. The van der Waals surface area contributed by atoms with Crippen molar-refractivity contribution in [2.24, 2.45) is 5.41 Å². The molecule has 1 saturated carbocycles. The number of carbonyl (C=O) groups is 1. The molecule has 2 aliphatic heterocycles. The van der Waals surface area contributed by atoms with Crippen LogP contribution >= 0.6 is 0 Å². The molecule has 0 bridgehead atoms. The maximum atomic E-state index is 12.0. The van der Waals surface area contributed by atoms with E-state index in [1.54, 1.807) is 0 Å². The number of piperazine rings is 1. The average Bonchev–Trinajstić information content (AvgIpc) is 3.20. The van der Waals surface area contributed by atoms with Gasteiger partial charge in [-0.05, 0) is 51.1 Å². The van der Waals surface area contributed by atoms with E-state index < -0.39 is 0 Å². The van der Waals surface area contributed by atoms with Gasteiger partial charge in [-0.2, -0.15) is 0 Å². The SMILES string of the molecule is CC1NCCN(CCCN2CCC3(CC3)[C@H](O)C2)C1=O. The topological polar surface area (TPSA) is 55.8 Å². The largest absolute Gasteiger partial charge is 0.391 e. The smallest absolute Gasteiger partial charge is 0.239 e. The molecule has 3 rings (SSSR count). The average molecular weight is 281 g/mol. The highest BCUT2D eigenvalue weighted by Crippen LogP contribution is 2.53. The first kappa shape index (κ1) is 14.3. The molecule has 1 spiro atoms. The number of β-amino-alcohol motifs (C(OH)–C–C–N with tert-alkyl or cyclic N) is 1. The van der Waals surface area contributed by atoms with Gasteiger partial charge in [0.2, 0.25) is 5.91 Å². The normalized spacial score (nSPS) is 33.7. The fourth-order valence-corrected chi connectivity index (χ4v) is 3.62. The summed E-state index contributed by atoms with van der Waals surface area (Å²) in [7, 11) is 0. The lowest BCUT2D eigenvalue weighted by Crippen LogP contribution is -2.54. The first-order chi connectivity index (χ1) is 9.61. The van der Waals surface area contributed by atoms with Crippen molar-refractivity contribution >= 4 is 5.91 Å². The maximum Gasteiger partial charge on any atom is 0.239 e. The molecule has 2 heterocycles. The lowest BCUT2D eigenvalue weighted by atomic mass is 9.90. The Kier molecular flexibility index (Phi) is 4.02. The quantitative estimate of drug-likeness (QED) is 0.764. The van der Waals surface area contributed by atoms with Crippen molar-refractivity contribution in [3.8, 4) is 0 Å². The predicted octanol–water partition coefficient (Wildman–Crippen LogP) is 0.0436. The number of nitrogens with zero attached hydrogens (tertiary/aromatic N) is 2. The Morgan fingerprint density at radius 1 is 1.30 bits per heavy atom. The number of aliphatic hydroxyl groups excluding tert-OH is 1. The van der Waals surface area contributed by atoms with Gasteiger partial charge in [-0.1, -0.05) is 0 Å². The zero-order valence-corrected chi connectivity index (χ0v) is 12.5. The fraction of sp³-hybridized carbons (Fsp3) is 0.933. The number of rotatable bonds is 4. The highest BCUT2D eigenvalue weighted by molar-refractivity contribution is 5.82. The number of aliphatic hydroxyl groups is 1. The third-order valence-corrected chi connectivity index (χ3v) is 5.37. The summed E-state index contributed by atoms with van der Waals surface area (Å²) in [6.45, 7) is 7.45. The van der Waals surface area contributed by atoms with Crippen LogP contribution in [-0.2, 0) is 4.79 Å². The molecule has 2 saturated heterocycles. The predicted molar refractivity (Wildman–Crippen MR) is 77.4 cm³/mol. The molecule has 0 aromatic rings. The molecule has 3 fully saturated rings. The van der Waals surface area contributed by atoms with Crippen LogP contribution in [0.3, 0.4) is 0 Å². The third kappa shape index (κ3) is 2.85. The van der Waals surface area contributed by atoms with Crippen molar-refractivity contribution in [3.63, 3.8) is 0 Å². The molecule has 0 radical (unpaired) electrons. The Morgan fingerprint density at radius 3 is 2.80 bits per heavy atom. The van der Waals surface area contributed by atoms with E-state index in [2.05, 4.69) is 10.2 Å². The van der Waals surface area contributed by atoms with Gasteiger partial charge in [-0.25, -0.2) is 0 Å². The van der Waals surface area contributed by atoms with Crippen molar-refractivity contribution in [3.05, 3.63) is 0 Å². The van der Waals surface area contributed by atoms with E-state index in [1.165, 1.54) is 12.8 Å². The van der Waals surface area contributed by atoms with Crippen LogP contribution in [0, 0.1) is 5.41 Å². The molecule has 1 aliphatic carbocycles. The summed E-state index contributed by atoms with van der Waals surface area (Å²) in [5.74, 6) is 0.229. The van der Waals surface area contributed by atoms with E-state index in [0.717, 1.165) is 52.1 Å². The molecule has 2 atom stereocenters. The highest BCUT2D eigenvalue weighted by atomic mass is 16.3. The Balaban J connectivity index is 1.38. The van der Waals surface area contributed by atoms with Crippen LogP contribution in [0.2, 0.25) is 0 Å². The van der Waals surface area contributed by atoms with Crippen LogP contribution in [0.1, 0.15) is 32.6 Å². The fourth-order valence-electron chi connectivity index (χ4n) is 3.62. The van der Waals surface area contributed by atoms with Crippen molar-refractivity contribution in [1.29, 1.82) is 0 Å². The van der Waals surface area contributed by atoms with Gasteiger partial charge < -0.3 is 20.2 Å². The lowest BCUT2D eigenvalue weighted by Gasteiger charge is -2.37. The molecule has 5 heteroatoms. The van der Waals surface area contributed by atoms with Gasteiger partial charge in [0.05, 0.1) is 12.1 Å². The van der Waals surface area contributed by atoms with Crippen LogP contribution in [0.5, 0.6) is 0 Å². The van der Waals surface area contributed by atoms with Gasteiger partial charge in [0.1, 0.15) is 0 Å². The van der Waals surface area contributed by atoms with E-state index in [0.29, 0.717) is 5.41 Å². The van der Waals surface area contributed by atoms with E-state index in [9.17, 15) is 9.90 Å². The lowest BCUT2D eigenvalue weighted by molar-refractivity contribution is -0.135. The minimum Gasteiger partial charge on any atom is -0.391 e. The second-order valence-corrected chi connectivity index (χ2v) is 6.78. The van der Waals surface area contributed by atoms with Crippen molar-refractivity contribution in [2.75, 3.05) is 39.3 Å². The van der Waals surface area contributed by atoms with Gasteiger partial charge in [-0.15, -0.1) is 0 Å². The van der Waals surface area contributed by atoms with E-state index in [4.69, 9.17) is 0 Å². The molecule has 5 nitrogen and oxygen atoms in total. The van der Waals surface area contributed by atoms with Crippen molar-refractivity contribution in [1.82, 2.24) is 15.1 Å². The second-order valence-electron chi connectivity index (χ2n) is 6.78. The van der Waals surface area contributed by atoms with Gasteiger partial charge in [0, 0.05) is 26.2 Å². The minimum atomic E-state index is -0.128. The first-order valence-electron chi connectivity index (χ1n) is 8.03. The number of amides is 1. The molecule has 1 amide bonds.